The number of hydrogen-bond acceptors (Lipinski definition) is 26. The van der Waals surface area contributed by atoms with E-state index in [9.17, 15) is 71.5 Å². The van der Waals surface area contributed by atoms with Gasteiger partial charge in [0.05, 0.1) is 39.6 Å². The maximum atomic E-state index is 10.5. The maximum absolute atomic E-state index is 10.5. The van der Waals surface area contributed by atoms with Crippen molar-refractivity contribution >= 4 is 0 Å². The zero-order chi connectivity index (χ0) is 41.5. The van der Waals surface area contributed by atoms with Crippen LogP contribution in [0.15, 0.2) is 0 Å². The van der Waals surface area contributed by atoms with E-state index >= 15 is 0 Å². The largest absolute Gasteiger partial charge is 0.412 e. The molecule has 4 fully saturated rings. The maximum Gasteiger partial charge on any atom is 0.224 e. The van der Waals surface area contributed by atoms with Crippen LogP contribution in [0.4, 0.5) is 0 Å². The van der Waals surface area contributed by atoms with Crippen molar-refractivity contribution in [1.82, 2.24) is 0 Å². The summed E-state index contributed by atoms with van der Waals surface area (Å²) < 4.78 is 37.6. The van der Waals surface area contributed by atoms with Crippen molar-refractivity contribution in [1.29, 1.82) is 0 Å². The smallest absolute Gasteiger partial charge is 0.224 e. The van der Waals surface area contributed by atoms with E-state index in [1.54, 1.807) is 0 Å². The van der Waals surface area contributed by atoms with Crippen molar-refractivity contribution in [3.05, 3.63) is 0 Å². The van der Waals surface area contributed by atoms with Gasteiger partial charge in [-0.1, -0.05) is 0 Å². The Balaban J connectivity index is 0. The molecule has 4 saturated heterocycles. The summed E-state index contributed by atoms with van der Waals surface area (Å²) in [6.07, 6.45) is -35.7. The van der Waals surface area contributed by atoms with Gasteiger partial charge in [-0.15, -0.1) is 0 Å². The van der Waals surface area contributed by atoms with Crippen LogP contribution >= 0.6 is 0 Å². The second-order valence-corrected chi connectivity index (χ2v) is 13.2. The first-order chi connectivity index (χ1) is 25.8. The molecule has 0 saturated carbocycles. The Labute approximate surface area is 333 Å². The summed E-state index contributed by atoms with van der Waals surface area (Å²) in [4.78, 5) is 0. The Morgan fingerprint density at radius 3 is 1.15 bits per heavy atom. The predicted octanol–water partition coefficient (Wildman–Crippen LogP) is -16.0. The van der Waals surface area contributed by atoms with Gasteiger partial charge in [-0.05, 0) is 0 Å². The van der Waals surface area contributed by atoms with Crippen molar-refractivity contribution < 1.29 is 152 Å². The summed E-state index contributed by atoms with van der Waals surface area (Å²) >= 11 is 0. The Bertz CT molecular complexity index is 1110. The summed E-state index contributed by atoms with van der Waals surface area (Å²) in [6.45, 7) is -5.30. The van der Waals surface area contributed by atoms with Gasteiger partial charge in [0.1, 0.15) is 116 Å². The first-order valence-corrected chi connectivity index (χ1v) is 17.0. The van der Waals surface area contributed by atoms with Crippen molar-refractivity contribution in [3.8, 4) is 0 Å². The van der Waals surface area contributed by atoms with Crippen LogP contribution in [-0.4, -0.2) is 300 Å². The van der Waals surface area contributed by atoms with E-state index < -0.39 is 181 Å². The molecule has 0 amide bonds. The molecule has 4 aliphatic rings. The van der Waals surface area contributed by atoms with E-state index in [1.807, 2.05) is 0 Å². The molecule has 4 heterocycles. The van der Waals surface area contributed by atoms with Crippen molar-refractivity contribution in [3.63, 3.8) is 0 Å². The highest BCUT2D eigenvalue weighted by Gasteiger charge is 2.58. The van der Waals surface area contributed by atoms with Crippen LogP contribution in [-0.2, 0) is 33.2 Å². The summed E-state index contributed by atoms with van der Waals surface area (Å²) in [5.41, 5.74) is 0. The predicted molar refractivity (Wildman–Crippen MR) is 181 cm³/mol. The van der Waals surface area contributed by atoms with Gasteiger partial charge < -0.3 is 152 Å². The molecule has 0 aliphatic carbocycles. The molecule has 4 rings (SSSR count). The molecule has 0 bridgehead atoms. The molecule has 30 heteroatoms. The van der Waals surface area contributed by atoms with Crippen molar-refractivity contribution in [2.24, 2.45) is 0 Å². The monoisotopic (exact) mass is 890 g/mol. The fourth-order valence-electron chi connectivity index (χ4n) is 5.87. The van der Waals surface area contributed by atoms with Crippen LogP contribution in [0, 0.1) is 0 Å². The van der Waals surface area contributed by atoms with Crippen molar-refractivity contribution in [2.45, 2.75) is 135 Å². The van der Waals surface area contributed by atoms with E-state index in [-0.39, 0.29) is 21.9 Å². The minimum absolute atomic E-state index is 0. The Morgan fingerprint density at radius 1 is 0.441 bits per heavy atom. The molecule has 1 unspecified atom stereocenters. The van der Waals surface area contributed by atoms with E-state index in [2.05, 4.69) is 0 Å². The van der Waals surface area contributed by atoms with E-state index in [0.29, 0.717) is 0 Å². The van der Waals surface area contributed by atoms with E-state index in [0.717, 1.165) is 0 Å². The lowest BCUT2D eigenvalue weighted by Crippen LogP contribution is -2.64. The zero-order valence-electron chi connectivity index (χ0n) is 30.9. The summed E-state index contributed by atoms with van der Waals surface area (Å²) in [5.74, 6) is -2.43. The lowest BCUT2D eigenvalue weighted by molar-refractivity contribution is -0.388. The Kier molecular flexibility index (Phi) is 26.8. The lowest BCUT2D eigenvalue weighted by atomic mass is 9.98. The summed E-state index contributed by atoms with van der Waals surface area (Å²) in [5, 5.41) is 184. The second-order valence-electron chi connectivity index (χ2n) is 13.2. The Hall–Kier alpha value is -1.20. The first-order valence-electron chi connectivity index (χ1n) is 17.0. The van der Waals surface area contributed by atoms with Crippen LogP contribution in [0.2, 0.25) is 0 Å². The van der Waals surface area contributed by atoms with Gasteiger partial charge in [0.15, 0.2) is 18.9 Å². The SMILES string of the molecule is O.O.O.O.OC[C@@H](O)C(O)[C@@H](O)CO.OC[C@H]1O[C@H](OC[C@H]2O[C@H](OC[C@H]3O[C@H](O[C@]4(CO)O[C@H](CO)[C@@H](O)[C@@H]4O)[C@H](O)[C@@H](O)[C@@H]3O)[C@H](O)[C@@H](O)[C@H]2O)[C@H](O)[C@@H](O)[C@H]1O. The van der Waals surface area contributed by atoms with Gasteiger partial charge in [-0.2, -0.15) is 0 Å². The molecule has 0 aromatic carbocycles. The minimum Gasteiger partial charge on any atom is -0.412 e. The number of aliphatic hydroxyl groups excluding tert-OH is 19. The molecular weight excluding hydrogens is 828 g/mol. The number of aliphatic hydroxyl groups is 19. The quantitative estimate of drug-likeness (QED) is 0.0726. The van der Waals surface area contributed by atoms with Gasteiger partial charge in [-0.25, -0.2) is 0 Å². The molecule has 0 aromatic rings. The molecule has 27 N–H and O–H groups in total. The fraction of sp³-hybridized carbons (Fsp3) is 1.00. The average Bonchev–Trinajstić information content (AvgIpc) is 3.43. The van der Waals surface area contributed by atoms with Gasteiger partial charge in [0.2, 0.25) is 5.79 Å². The molecule has 59 heavy (non-hydrogen) atoms. The minimum atomic E-state index is -2.43. The zero-order valence-corrected chi connectivity index (χ0v) is 30.9. The van der Waals surface area contributed by atoms with Crippen LogP contribution in [0.25, 0.3) is 0 Å². The molecule has 4 aliphatic heterocycles. The van der Waals surface area contributed by atoms with Gasteiger partial charge in [0.25, 0.3) is 0 Å². The number of hydrogen-bond donors (Lipinski definition) is 19. The Morgan fingerprint density at radius 2 is 0.797 bits per heavy atom. The second kappa shape index (κ2) is 26.4. The molecule has 22 atom stereocenters. The first kappa shape index (κ1) is 59.9. The van der Waals surface area contributed by atoms with Gasteiger partial charge >= 0.3 is 0 Å². The number of rotatable bonds is 15. The third-order valence-corrected chi connectivity index (χ3v) is 9.42. The van der Waals surface area contributed by atoms with Crippen LogP contribution in [0.1, 0.15) is 0 Å². The fourth-order valence-corrected chi connectivity index (χ4v) is 5.87. The summed E-state index contributed by atoms with van der Waals surface area (Å²) in [7, 11) is 0. The number of ether oxygens (including phenoxy) is 7. The molecule has 0 aromatic heterocycles. The van der Waals surface area contributed by atoms with E-state index in [1.165, 1.54) is 0 Å². The highest BCUT2D eigenvalue weighted by molar-refractivity contribution is 4.99. The third kappa shape index (κ3) is 13.6. The van der Waals surface area contributed by atoms with Gasteiger partial charge in [-0.3, -0.25) is 0 Å². The molecule has 358 valence electrons. The van der Waals surface area contributed by atoms with Crippen LogP contribution in [0.3, 0.4) is 0 Å². The summed E-state index contributed by atoms with van der Waals surface area (Å²) in [6, 6.07) is 0. The highest BCUT2D eigenvalue weighted by atomic mass is 16.8. The molecule has 0 spiro atoms. The van der Waals surface area contributed by atoms with Crippen LogP contribution in [0.5, 0.6) is 0 Å². The van der Waals surface area contributed by atoms with Crippen LogP contribution < -0.4 is 0 Å². The lowest BCUT2D eigenvalue weighted by Gasteiger charge is -2.45. The molecule has 30 nitrogen and oxygen atoms in total. The normalized spacial score (nSPS) is 43.6. The molecule has 0 radical (unpaired) electrons. The van der Waals surface area contributed by atoms with E-state index in [4.69, 9.17) is 58.7 Å². The topological polar surface area (TPSA) is 575 Å². The molecular formula is C29H62O30. The van der Waals surface area contributed by atoms with Gasteiger partial charge in [0, 0.05) is 0 Å². The third-order valence-electron chi connectivity index (χ3n) is 9.42. The van der Waals surface area contributed by atoms with Crippen molar-refractivity contribution in [2.75, 3.05) is 46.2 Å². The average molecular weight is 891 g/mol. The standard InChI is InChI=1S/C24H42O21.C5H12O5.4H2O/c25-1-6-10(28)14(32)17(35)21(41-6)39-3-8-11(29)15(33)18(36)22(42-8)40-4-9-12(30)16(34)19(37)23(43-9)45-24(5-27)20(38)13(31)7(2-26)44-24;6-1-3(8)5(10)4(9)2-7;;;;/h6-23,25-38H,1-5H2;3-10H,1-2H2;4*1H2/t6-,7-,8-,9-,10+,11+,12-,13-,14+,15+,16+,17-,18-,19-,20+,21+,22+,23-,24+;3-,4+,5?;;;;/m1...../s1. The highest BCUT2D eigenvalue weighted by Crippen LogP contribution is 2.36.